The Morgan fingerprint density at radius 3 is 2.26 bits per heavy atom. The molecule has 100 valence electrons. The van der Waals surface area contributed by atoms with E-state index in [1.807, 2.05) is 43.3 Å². The molecule has 1 atom stereocenters. The normalized spacial score (nSPS) is 12.4. The van der Waals surface area contributed by atoms with Gasteiger partial charge in [0.05, 0.1) is 6.10 Å². The molecule has 0 amide bonds. The summed E-state index contributed by atoms with van der Waals surface area (Å²) in [7, 11) is 0. The van der Waals surface area contributed by atoms with Crippen LogP contribution >= 0.6 is 23.4 Å². The molecule has 2 rings (SSSR count). The maximum absolute atomic E-state index is 9.73. The Morgan fingerprint density at radius 2 is 1.68 bits per heavy atom. The molecule has 2 aromatic carbocycles. The van der Waals surface area contributed by atoms with E-state index in [0.717, 1.165) is 22.8 Å². The molecule has 0 unspecified atom stereocenters. The highest BCUT2D eigenvalue weighted by atomic mass is 35.5. The van der Waals surface area contributed by atoms with Gasteiger partial charge in [-0.15, -0.1) is 11.8 Å². The molecule has 0 aliphatic heterocycles. The monoisotopic (exact) mass is 292 g/mol. The van der Waals surface area contributed by atoms with Crippen molar-refractivity contribution in [2.45, 2.75) is 30.1 Å². The molecule has 0 heterocycles. The minimum atomic E-state index is -0.352. The van der Waals surface area contributed by atoms with Crippen molar-refractivity contribution in [2.75, 3.05) is 0 Å². The summed E-state index contributed by atoms with van der Waals surface area (Å²) in [5.41, 5.74) is 2.24. The SMILES string of the molecule is CC[C@H](O)c1ccc(SCc2ccc(Cl)cc2)cc1. The number of aliphatic hydroxyl groups excluding tert-OH is 1. The van der Waals surface area contributed by atoms with Crippen LogP contribution in [0, 0.1) is 0 Å². The van der Waals surface area contributed by atoms with Crippen molar-refractivity contribution in [1.82, 2.24) is 0 Å². The summed E-state index contributed by atoms with van der Waals surface area (Å²) in [5, 5.41) is 10.5. The molecular weight excluding hydrogens is 276 g/mol. The average Bonchev–Trinajstić information content (AvgIpc) is 2.46. The lowest BCUT2D eigenvalue weighted by Gasteiger charge is -2.09. The largest absolute Gasteiger partial charge is 0.388 e. The zero-order chi connectivity index (χ0) is 13.7. The number of rotatable bonds is 5. The molecule has 2 aromatic rings. The van der Waals surface area contributed by atoms with Crippen LogP contribution in [0.25, 0.3) is 0 Å². The third-order valence-corrected chi connectivity index (χ3v) is 4.31. The van der Waals surface area contributed by atoms with E-state index >= 15 is 0 Å². The minimum absolute atomic E-state index is 0.352. The highest BCUT2D eigenvalue weighted by Crippen LogP contribution is 2.25. The van der Waals surface area contributed by atoms with Crippen molar-refractivity contribution in [3.8, 4) is 0 Å². The van der Waals surface area contributed by atoms with Crippen LogP contribution in [-0.2, 0) is 5.75 Å². The van der Waals surface area contributed by atoms with Crippen LogP contribution in [0.15, 0.2) is 53.4 Å². The van der Waals surface area contributed by atoms with Gasteiger partial charge in [0.15, 0.2) is 0 Å². The van der Waals surface area contributed by atoms with Crippen molar-refractivity contribution in [3.05, 3.63) is 64.7 Å². The first-order valence-electron chi connectivity index (χ1n) is 6.34. The number of hydrogen-bond acceptors (Lipinski definition) is 2. The number of aliphatic hydroxyl groups is 1. The molecule has 0 fully saturated rings. The molecule has 0 aliphatic rings. The average molecular weight is 293 g/mol. The van der Waals surface area contributed by atoms with Crippen LogP contribution in [0.3, 0.4) is 0 Å². The molecule has 0 aromatic heterocycles. The van der Waals surface area contributed by atoms with E-state index in [1.54, 1.807) is 11.8 Å². The lowest BCUT2D eigenvalue weighted by molar-refractivity contribution is 0.173. The lowest BCUT2D eigenvalue weighted by Crippen LogP contribution is -1.94. The zero-order valence-electron chi connectivity index (χ0n) is 10.8. The number of thioether (sulfide) groups is 1. The highest BCUT2D eigenvalue weighted by Gasteiger charge is 2.04. The summed E-state index contributed by atoms with van der Waals surface area (Å²) in [5.74, 6) is 0.923. The number of halogens is 1. The Labute approximate surface area is 123 Å². The van der Waals surface area contributed by atoms with Crippen LogP contribution in [0.5, 0.6) is 0 Å². The predicted octanol–water partition coefficient (Wildman–Crippen LogP) is 5.08. The first-order valence-corrected chi connectivity index (χ1v) is 7.70. The Kier molecular flexibility index (Phi) is 5.32. The second kappa shape index (κ2) is 6.99. The van der Waals surface area contributed by atoms with Crippen LogP contribution in [0.4, 0.5) is 0 Å². The predicted molar refractivity (Wildman–Crippen MR) is 82.7 cm³/mol. The van der Waals surface area contributed by atoms with E-state index in [2.05, 4.69) is 12.1 Å². The fraction of sp³-hybridized carbons (Fsp3) is 0.250. The van der Waals surface area contributed by atoms with E-state index in [1.165, 1.54) is 10.5 Å². The van der Waals surface area contributed by atoms with Gasteiger partial charge in [-0.3, -0.25) is 0 Å². The second-order valence-corrected chi connectivity index (χ2v) is 5.89. The van der Waals surface area contributed by atoms with E-state index < -0.39 is 0 Å². The topological polar surface area (TPSA) is 20.2 Å². The third kappa shape index (κ3) is 4.27. The summed E-state index contributed by atoms with van der Waals surface area (Å²) in [4.78, 5) is 1.21. The van der Waals surface area contributed by atoms with Crippen molar-refractivity contribution in [3.63, 3.8) is 0 Å². The van der Waals surface area contributed by atoms with Crippen molar-refractivity contribution in [1.29, 1.82) is 0 Å². The van der Waals surface area contributed by atoms with Crippen molar-refractivity contribution in [2.24, 2.45) is 0 Å². The summed E-state index contributed by atoms with van der Waals surface area (Å²) in [6.45, 7) is 1.98. The number of hydrogen-bond donors (Lipinski definition) is 1. The molecule has 3 heteroatoms. The van der Waals surface area contributed by atoms with Gasteiger partial charge >= 0.3 is 0 Å². The first kappa shape index (κ1) is 14.4. The molecule has 0 saturated carbocycles. The fourth-order valence-electron chi connectivity index (χ4n) is 1.77. The summed E-state index contributed by atoms with van der Waals surface area (Å²) >= 11 is 7.64. The Balaban J connectivity index is 1.94. The molecule has 1 nitrogen and oxygen atoms in total. The maximum Gasteiger partial charge on any atom is 0.0787 e. The fourth-order valence-corrected chi connectivity index (χ4v) is 2.75. The third-order valence-electron chi connectivity index (χ3n) is 2.97. The quantitative estimate of drug-likeness (QED) is 0.776. The van der Waals surface area contributed by atoms with Crippen molar-refractivity contribution >= 4 is 23.4 Å². The Morgan fingerprint density at radius 1 is 1.05 bits per heavy atom. The summed E-state index contributed by atoms with van der Waals surface area (Å²) in [6.07, 6.45) is 0.396. The van der Waals surface area contributed by atoms with E-state index in [0.29, 0.717) is 0 Å². The Bertz CT molecular complexity index is 507. The van der Waals surface area contributed by atoms with E-state index in [9.17, 15) is 5.11 Å². The van der Waals surface area contributed by atoms with E-state index in [4.69, 9.17) is 11.6 Å². The van der Waals surface area contributed by atoms with Gasteiger partial charge in [0.2, 0.25) is 0 Å². The van der Waals surface area contributed by atoms with Gasteiger partial charge in [0, 0.05) is 15.7 Å². The van der Waals surface area contributed by atoms with Gasteiger partial charge in [-0.05, 0) is 41.8 Å². The first-order chi connectivity index (χ1) is 9.19. The van der Waals surface area contributed by atoms with Crippen LogP contribution in [-0.4, -0.2) is 5.11 Å². The molecule has 1 N–H and O–H groups in total. The lowest BCUT2D eigenvalue weighted by atomic mass is 10.1. The molecule has 0 spiro atoms. The molecular formula is C16H17ClOS. The Hall–Kier alpha value is -0.960. The van der Waals surface area contributed by atoms with Crippen LogP contribution < -0.4 is 0 Å². The molecule has 19 heavy (non-hydrogen) atoms. The highest BCUT2D eigenvalue weighted by molar-refractivity contribution is 7.98. The standard InChI is InChI=1S/C16H17ClOS/c1-2-16(18)13-5-9-15(10-6-13)19-11-12-3-7-14(17)8-4-12/h3-10,16,18H,2,11H2,1H3/t16-/m0/s1. The zero-order valence-corrected chi connectivity index (χ0v) is 12.4. The van der Waals surface area contributed by atoms with Gasteiger partial charge in [0.25, 0.3) is 0 Å². The minimum Gasteiger partial charge on any atom is -0.388 e. The molecule has 0 bridgehead atoms. The molecule has 0 saturated heterocycles. The van der Waals surface area contributed by atoms with Crippen LogP contribution in [0.2, 0.25) is 5.02 Å². The van der Waals surface area contributed by atoms with Gasteiger partial charge in [-0.1, -0.05) is 42.8 Å². The summed E-state index contributed by atoms with van der Waals surface area (Å²) in [6, 6.07) is 16.0. The second-order valence-electron chi connectivity index (χ2n) is 4.41. The molecule has 0 radical (unpaired) electrons. The van der Waals surface area contributed by atoms with Gasteiger partial charge in [-0.25, -0.2) is 0 Å². The summed E-state index contributed by atoms with van der Waals surface area (Å²) < 4.78 is 0. The van der Waals surface area contributed by atoms with E-state index in [-0.39, 0.29) is 6.10 Å². The smallest absolute Gasteiger partial charge is 0.0787 e. The van der Waals surface area contributed by atoms with Crippen LogP contribution in [0.1, 0.15) is 30.6 Å². The van der Waals surface area contributed by atoms with Crippen molar-refractivity contribution < 1.29 is 5.11 Å². The van der Waals surface area contributed by atoms with Gasteiger partial charge in [0.1, 0.15) is 0 Å². The number of benzene rings is 2. The van der Waals surface area contributed by atoms with Gasteiger partial charge < -0.3 is 5.11 Å². The molecule has 0 aliphatic carbocycles. The maximum atomic E-state index is 9.73. The van der Waals surface area contributed by atoms with Gasteiger partial charge in [-0.2, -0.15) is 0 Å².